The van der Waals surface area contributed by atoms with E-state index in [2.05, 4.69) is 60.8 Å². The molecule has 0 aliphatic carbocycles. The molecule has 0 saturated carbocycles. The van der Waals surface area contributed by atoms with Crippen LogP contribution in [0.2, 0.25) is 0 Å². The highest BCUT2D eigenvalue weighted by Crippen LogP contribution is 2.28. The molecular formula is C37H46N2O3. The number of anilines is 1. The number of hydrogen-bond donors (Lipinski definition) is 2. The monoisotopic (exact) mass is 566 g/mol. The zero-order valence-corrected chi connectivity index (χ0v) is 25.4. The SMILES string of the molecule is CCCCCC(Nc1cccc(C(=O)c2cc(CCCCCC(=O)O)n3ccccc23)c1)c1ccc(CC(C)C)cc1. The Kier molecular flexibility index (Phi) is 11.4. The van der Waals surface area contributed by atoms with Crippen LogP contribution in [0.5, 0.6) is 0 Å². The second-order valence-corrected chi connectivity index (χ2v) is 11.9. The first-order valence-electron chi connectivity index (χ1n) is 15.7. The summed E-state index contributed by atoms with van der Waals surface area (Å²) < 4.78 is 2.10. The summed E-state index contributed by atoms with van der Waals surface area (Å²) in [5, 5.41) is 12.7. The summed E-state index contributed by atoms with van der Waals surface area (Å²) in [6.45, 7) is 6.73. The maximum atomic E-state index is 13.9. The first kappa shape index (κ1) is 31.1. The van der Waals surface area contributed by atoms with Gasteiger partial charge in [-0.15, -0.1) is 0 Å². The Bertz CT molecular complexity index is 1450. The van der Waals surface area contributed by atoms with Crippen molar-refractivity contribution in [1.82, 2.24) is 4.40 Å². The lowest BCUT2D eigenvalue weighted by Crippen LogP contribution is -2.12. The van der Waals surface area contributed by atoms with Crippen LogP contribution in [0.1, 0.15) is 111 Å². The van der Waals surface area contributed by atoms with Crippen LogP contribution in [-0.2, 0) is 17.6 Å². The van der Waals surface area contributed by atoms with Gasteiger partial charge in [0.25, 0.3) is 0 Å². The van der Waals surface area contributed by atoms with Crippen molar-refractivity contribution in [1.29, 1.82) is 0 Å². The Labute approximate surface area is 251 Å². The summed E-state index contributed by atoms with van der Waals surface area (Å²) >= 11 is 0. The molecule has 0 aliphatic heterocycles. The van der Waals surface area contributed by atoms with Gasteiger partial charge in [-0.1, -0.05) is 88.9 Å². The van der Waals surface area contributed by atoms with Crippen LogP contribution in [0.3, 0.4) is 0 Å². The number of nitrogens with zero attached hydrogens (tertiary/aromatic N) is 1. The largest absolute Gasteiger partial charge is 0.481 e. The Hall–Kier alpha value is -3.86. The number of carbonyl (C=O) groups excluding carboxylic acids is 1. The van der Waals surface area contributed by atoms with Crippen molar-refractivity contribution in [3.05, 3.63) is 107 Å². The Morgan fingerprint density at radius 3 is 2.43 bits per heavy atom. The highest BCUT2D eigenvalue weighted by atomic mass is 16.4. The Balaban J connectivity index is 1.53. The number of unbranched alkanes of at least 4 members (excludes halogenated alkanes) is 4. The van der Waals surface area contributed by atoms with E-state index in [1.165, 1.54) is 24.0 Å². The van der Waals surface area contributed by atoms with Crippen LogP contribution >= 0.6 is 0 Å². The molecule has 2 aromatic heterocycles. The van der Waals surface area contributed by atoms with E-state index < -0.39 is 5.97 Å². The second kappa shape index (κ2) is 15.4. The first-order valence-corrected chi connectivity index (χ1v) is 15.7. The van der Waals surface area contributed by atoms with Crippen LogP contribution < -0.4 is 5.32 Å². The summed E-state index contributed by atoms with van der Waals surface area (Å²) in [5.74, 6) is -0.105. The number of carboxylic acids is 1. The number of ketones is 1. The number of benzene rings is 2. The van der Waals surface area contributed by atoms with Gasteiger partial charge in [0.15, 0.2) is 5.78 Å². The average molecular weight is 567 g/mol. The summed E-state index contributed by atoms with van der Waals surface area (Å²) in [4.78, 5) is 24.7. The van der Waals surface area contributed by atoms with E-state index in [0.29, 0.717) is 23.5 Å². The van der Waals surface area contributed by atoms with Crippen molar-refractivity contribution in [2.24, 2.45) is 5.92 Å². The minimum absolute atomic E-state index is 0.0139. The van der Waals surface area contributed by atoms with Gasteiger partial charge in [0.1, 0.15) is 0 Å². The third kappa shape index (κ3) is 8.58. The number of hydrogen-bond acceptors (Lipinski definition) is 3. The molecule has 0 fully saturated rings. The Morgan fingerprint density at radius 2 is 1.69 bits per heavy atom. The van der Waals surface area contributed by atoms with E-state index in [9.17, 15) is 9.59 Å². The lowest BCUT2D eigenvalue weighted by atomic mass is 9.96. The van der Waals surface area contributed by atoms with E-state index in [-0.39, 0.29) is 18.2 Å². The average Bonchev–Trinajstić information content (AvgIpc) is 3.35. The standard InChI is InChI=1S/C37H46N2O3/c1-4-5-7-16-34(29-21-19-28(20-22-29)24-27(2)3)38-31-14-12-13-30(25-31)37(42)33-26-32(15-8-6-9-18-36(40)41)39-23-11-10-17-35(33)39/h10-14,17,19-23,25-27,34,38H,4-9,15-16,18,24H2,1-3H3,(H,40,41). The molecule has 222 valence electrons. The third-order valence-corrected chi connectivity index (χ3v) is 7.91. The molecule has 2 aromatic carbocycles. The molecule has 4 rings (SSSR count). The van der Waals surface area contributed by atoms with Gasteiger partial charge in [0.2, 0.25) is 0 Å². The van der Waals surface area contributed by atoms with Gasteiger partial charge < -0.3 is 14.8 Å². The number of rotatable bonds is 17. The second-order valence-electron chi connectivity index (χ2n) is 11.9. The van der Waals surface area contributed by atoms with Crippen molar-refractivity contribution < 1.29 is 14.7 Å². The zero-order valence-electron chi connectivity index (χ0n) is 25.4. The molecule has 1 unspecified atom stereocenters. The lowest BCUT2D eigenvalue weighted by Gasteiger charge is -2.21. The fraction of sp³-hybridized carbons (Fsp3) is 0.405. The van der Waals surface area contributed by atoms with E-state index in [0.717, 1.165) is 55.4 Å². The maximum absolute atomic E-state index is 13.9. The highest BCUT2D eigenvalue weighted by Gasteiger charge is 2.18. The summed E-state index contributed by atoms with van der Waals surface area (Å²) in [6, 6.07) is 25.1. The number of pyridine rings is 1. The molecule has 0 aliphatic rings. The zero-order chi connectivity index (χ0) is 29.9. The highest BCUT2D eigenvalue weighted by molar-refractivity contribution is 6.13. The fourth-order valence-corrected chi connectivity index (χ4v) is 5.74. The number of aromatic nitrogens is 1. The van der Waals surface area contributed by atoms with Crippen LogP contribution in [0.15, 0.2) is 79.0 Å². The van der Waals surface area contributed by atoms with Gasteiger partial charge in [0, 0.05) is 35.1 Å². The van der Waals surface area contributed by atoms with Crippen molar-refractivity contribution in [3.8, 4) is 0 Å². The summed E-state index contributed by atoms with van der Waals surface area (Å²) in [7, 11) is 0. The normalized spacial score (nSPS) is 12.1. The molecule has 5 heteroatoms. The van der Waals surface area contributed by atoms with Crippen LogP contribution in [0.4, 0.5) is 5.69 Å². The summed E-state index contributed by atoms with van der Waals surface area (Å²) in [5.41, 5.74) is 6.96. The van der Waals surface area contributed by atoms with Gasteiger partial charge in [0.05, 0.1) is 11.6 Å². The molecule has 2 N–H and O–H groups in total. The van der Waals surface area contributed by atoms with E-state index in [1.807, 2.05) is 48.7 Å². The molecule has 42 heavy (non-hydrogen) atoms. The van der Waals surface area contributed by atoms with Crippen LogP contribution in [-0.4, -0.2) is 21.3 Å². The molecule has 4 aromatic rings. The third-order valence-electron chi connectivity index (χ3n) is 7.91. The number of carboxylic acid groups (broad SMARTS) is 1. The molecule has 1 atom stereocenters. The molecular weight excluding hydrogens is 520 g/mol. The maximum Gasteiger partial charge on any atom is 0.303 e. The topological polar surface area (TPSA) is 70.8 Å². The Morgan fingerprint density at radius 1 is 0.881 bits per heavy atom. The fourth-order valence-electron chi connectivity index (χ4n) is 5.74. The number of aliphatic carboxylic acids is 1. The predicted octanol–water partition coefficient (Wildman–Crippen LogP) is 9.29. The quantitative estimate of drug-likeness (QED) is 0.0987. The lowest BCUT2D eigenvalue weighted by molar-refractivity contribution is -0.137. The molecule has 0 saturated heterocycles. The molecule has 2 heterocycles. The number of aryl methyl sites for hydroxylation is 1. The van der Waals surface area contributed by atoms with Gasteiger partial charge >= 0.3 is 5.97 Å². The van der Waals surface area contributed by atoms with E-state index in [1.54, 1.807) is 0 Å². The van der Waals surface area contributed by atoms with E-state index >= 15 is 0 Å². The van der Waals surface area contributed by atoms with Crippen molar-refractivity contribution in [3.63, 3.8) is 0 Å². The smallest absolute Gasteiger partial charge is 0.303 e. The number of fused-ring (bicyclic) bond motifs is 1. The predicted molar refractivity (Wildman–Crippen MR) is 173 cm³/mol. The minimum Gasteiger partial charge on any atom is -0.481 e. The van der Waals surface area contributed by atoms with Crippen molar-refractivity contribution in [2.75, 3.05) is 5.32 Å². The number of nitrogens with one attached hydrogen (secondary N) is 1. The first-order chi connectivity index (χ1) is 20.4. The number of carbonyl (C=O) groups is 2. The van der Waals surface area contributed by atoms with Gasteiger partial charge in [-0.3, -0.25) is 9.59 Å². The van der Waals surface area contributed by atoms with Crippen molar-refractivity contribution >= 4 is 23.0 Å². The molecule has 0 spiro atoms. The van der Waals surface area contributed by atoms with Gasteiger partial charge in [-0.05, 0) is 79.5 Å². The van der Waals surface area contributed by atoms with Gasteiger partial charge in [-0.2, -0.15) is 0 Å². The van der Waals surface area contributed by atoms with E-state index in [4.69, 9.17) is 5.11 Å². The molecule has 0 amide bonds. The van der Waals surface area contributed by atoms with Gasteiger partial charge in [-0.25, -0.2) is 0 Å². The summed E-state index contributed by atoms with van der Waals surface area (Å²) in [6.07, 6.45) is 11.1. The van der Waals surface area contributed by atoms with Crippen LogP contribution in [0, 0.1) is 5.92 Å². The minimum atomic E-state index is -0.750. The molecule has 0 bridgehead atoms. The van der Waals surface area contributed by atoms with Crippen LogP contribution in [0.25, 0.3) is 5.52 Å². The molecule has 5 nitrogen and oxygen atoms in total. The molecule has 0 radical (unpaired) electrons. The van der Waals surface area contributed by atoms with Crippen molar-refractivity contribution in [2.45, 2.75) is 91.0 Å².